The molecular weight excluding hydrogens is 278 g/mol. The van der Waals surface area contributed by atoms with Gasteiger partial charge in [-0.3, -0.25) is 4.90 Å². The van der Waals surface area contributed by atoms with Crippen LogP contribution >= 0.6 is 0 Å². The van der Waals surface area contributed by atoms with Crippen molar-refractivity contribution in [3.63, 3.8) is 0 Å². The molecule has 0 amide bonds. The molecular formula is C17H25N3O2. The second-order valence-electron chi connectivity index (χ2n) is 5.81. The van der Waals surface area contributed by atoms with Crippen LogP contribution in [0, 0.1) is 13.8 Å². The maximum Gasteiger partial charge on any atom is 0.0900 e. The number of benzene rings is 1. The normalized spacial score (nSPS) is 12.8. The molecule has 1 aromatic heterocycles. The smallest absolute Gasteiger partial charge is 0.0900 e. The van der Waals surface area contributed by atoms with Gasteiger partial charge in [-0.15, -0.1) is 0 Å². The van der Waals surface area contributed by atoms with E-state index < -0.39 is 6.10 Å². The van der Waals surface area contributed by atoms with Crippen LogP contribution in [0.1, 0.15) is 17.0 Å². The zero-order chi connectivity index (χ0) is 16.1. The molecule has 1 heterocycles. The summed E-state index contributed by atoms with van der Waals surface area (Å²) in [5.74, 6) is 0. The van der Waals surface area contributed by atoms with E-state index in [9.17, 15) is 5.11 Å². The molecule has 5 nitrogen and oxygen atoms in total. The van der Waals surface area contributed by atoms with Gasteiger partial charge in [0.2, 0.25) is 0 Å². The fraction of sp³-hybridized carbons (Fsp3) is 0.471. The van der Waals surface area contributed by atoms with Gasteiger partial charge in [0.05, 0.1) is 24.1 Å². The summed E-state index contributed by atoms with van der Waals surface area (Å²) >= 11 is 0. The highest BCUT2D eigenvalue weighted by molar-refractivity contribution is 5.36. The Morgan fingerprint density at radius 2 is 1.95 bits per heavy atom. The molecule has 0 fully saturated rings. The first-order valence-corrected chi connectivity index (χ1v) is 7.47. The first-order chi connectivity index (χ1) is 10.5. The molecule has 1 atom stereocenters. The van der Waals surface area contributed by atoms with E-state index in [0.717, 1.165) is 23.6 Å². The van der Waals surface area contributed by atoms with Gasteiger partial charge >= 0.3 is 0 Å². The molecule has 0 saturated heterocycles. The van der Waals surface area contributed by atoms with Crippen molar-refractivity contribution in [2.75, 3.05) is 27.3 Å². The maximum absolute atomic E-state index is 9.74. The summed E-state index contributed by atoms with van der Waals surface area (Å²) in [6.07, 6.45) is -0.455. The number of hydrogen-bond donors (Lipinski definition) is 1. The number of rotatable bonds is 7. The summed E-state index contributed by atoms with van der Waals surface area (Å²) in [6.45, 7) is 5.80. The number of aliphatic hydroxyl groups excluding tert-OH is 1. The topological polar surface area (TPSA) is 50.5 Å². The van der Waals surface area contributed by atoms with Gasteiger partial charge in [0.15, 0.2) is 0 Å². The fourth-order valence-electron chi connectivity index (χ4n) is 2.61. The molecule has 2 rings (SSSR count). The van der Waals surface area contributed by atoms with E-state index in [4.69, 9.17) is 4.74 Å². The van der Waals surface area contributed by atoms with E-state index in [0.29, 0.717) is 13.2 Å². The van der Waals surface area contributed by atoms with E-state index in [1.165, 1.54) is 5.56 Å². The molecule has 0 radical (unpaired) electrons. The average molecular weight is 303 g/mol. The largest absolute Gasteiger partial charge is 0.389 e. The summed E-state index contributed by atoms with van der Waals surface area (Å²) in [4.78, 5) is 2.09. The lowest BCUT2D eigenvalue weighted by molar-refractivity contribution is 0.0419. The molecule has 22 heavy (non-hydrogen) atoms. The van der Waals surface area contributed by atoms with Crippen molar-refractivity contribution in [3.05, 3.63) is 47.3 Å². The summed E-state index contributed by atoms with van der Waals surface area (Å²) in [5, 5.41) is 14.2. The molecule has 0 aliphatic rings. The molecule has 0 spiro atoms. The summed E-state index contributed by atoms with van der Waals surface area (Å²) in [6, 6.07) is 10.4. The number of hydrogen-bond acceptors (Lipinski definition) is 4. The highest BCUT2D eigenvalue weighted by Gasteiger charge is 2.09. The van der Waals surface area contributed by atoms with Gasteiger partial charge in [0, 0.05) is 25.9 Å². The van der Waals surface area contributed by atoms with Crippen LogP contribution in [0.4, 0.5) is 0 Å². The average Bonchev–Trinajstić information content (AvgIpc) is 2.78. The Morgan fingerprint density at radius 1 is 1.27 bits per heavy atom. The Morgan fingerprint density at radius 3 is 2.50 bits per heavy atom. The summed E-state index contributed by atoms with van der Waals surface area (Å²) in [5.41, 5.74) is 4.42. The highest BCUT2D eigenvalue weighted by atomic mass is 16.5. The lowest BCUT2D eigenvalue weighted by atomic mass is 10.2. The standard InChI is InChI=1S/C17H25N3O2/c1-13-9-14(2)20(18-13)16-7-5-15(6-8-16)10-19(3)11-17(21)12-22-4/h5-9,17,21H,10-12H2,1-4H3. The Hall–Kier alpha value is -1.69. The molecule has 1 aromatic carbocycles. The van der Waals surface area contributed by atoms with Crippen LogP contribution in [0.2, 0.25) is 0 Å². The van der Waals surface area contributed by atoms with Crippen molar-refractivity contribution in [2.45, 2.75) is 26.5 Å². The van der Waals surface area contributed by atoms with Crippen molar-refractivity contribution < 1.29 is 9.84 Å². The van der Waals surface area contributed by atoms with Gasteiger partial charge in [-0.1, -0.05) is 12.1 Å². The van der Waals surface area contributed by atoms with Gasteiger partial charge < -0.3 is 9.84 Å². The first kappa shape index (κ1) is 16.7. The van der Waals surface area contributed by atoms with Crippen molar-refractivity contribution in [3.8, 4) is 5.69 Å². The van der Waals surface area contributed by atoms with Gasteiger partial charge in [0.1, 0.15) is 0 Å². The Bertz CT molecular complexity index is 592. The Balaban J connectivity index is 1.98. The third kappa shape index (κ3) is 4.40. The van der Waals surface area contributed by atoms with Crippen molar-refractivity contribution in [1.29, 1.82) is 0 Å². The highest BCUT2D eigenvalue weighted by Crippen LogP contribution is 2.14. The Kier molecular flexibility index (Phi) is 5.71. The molecule has 2 aromatic rings. The number of likely N-dealkylation sites (N-methyl/N-ethyl adjacent to an activating group) is 1. The third-order valence-corrected chi connectivity index (χ3v) is 3.52. The third-order valence-electron chi connectivity index (χ3n) is 3.52. The van der Waals surface area contributed by atoms with Crippen LogP contribution in [0.25, 0.3) is 5.69 Å². The van der Waals surface area contributed by atoms with Crippen molar-refractivity contribution >= 4 is 0 Å². The minimum atomic E-state index is -0.455. The minimum Gasteiger partial charge on any atom is -0.389 e. The summed E-state index contributed by atoms with van der Waals surface area (Å²) < 4.78 is 6.90. The van der Waals surface area contributed by atoms with E-state index in [2.05, 4.69) is 47.3 Å². The van der Waals surface area contributed by atoms with E-state index in [1.807, 2.05) is 18.7 Å². The molecule has 0 bridgehead atoms. The van der Waals surface area contributed by atoms with E-state index >= 15 is 0 Å². The summed E-state index contributed by atoms with van der Waals surface area (Å²) in [7, 11) is 3.59. The number of nitrogens with zero attached hydrogens (tertiary/aromatic N) is 3. The van der Waals surface area contributed by atoms with Gasteiger partial charge in [0.25, 0.3) is 0 Å². The van der Waals surface area contributed by atoms with Gasteiger partial charge in [-0.2, -0.15) is 5.10 Å². The monoisotopic (exact) mass is 303 g/mol. The minimum absolute atomic E-state index is 0.362. The zero-order valence-corrected chi connectivity index (χ0v) is 13.8. The second kappa shape index (κ2) is 7.54. The molecule has 120 valence electrons. The van der Waals surface area contributed by atoms with Crippen LogP contribution in [0.15, 0.2) is 30.3 Å². The molecule has 0 aliphatic heterocycles. The lowest BCUT2D eigenvalue weighted by Gasteiger charge is -2.20. The maximum atomic E-state index is 9.74. The molecule has 5 heteroatoms. The lowest BCUT2D eigenvalue weighted by Crippen LogP contribution is -2.31. The van der Waals surface area contributed by atoms with E-state index in [-0.39, 0.29) is 0 Å². The van der Waals surface area contributed by atoms with Crippen LogP contribution in [-0.4, -0.2) is 53.2 Å². The molecule has 1 N–H and O–H groups in total. The predicted octanol–water partition coefficient (Wildman–Crippen LogP) is 1.93. The van der Waals surface area contributed by atoms with Crippen LogP contribution in [-0.2, 0) is 11.3 Å². The first-order valence-electron chi connectivity index (χ1n) is 7.47. The molecule has 0 saturated carbocycles. The fourth-order valence-corrected chi connectivity index (χ4v) is 2.61. The van der Waals surface area contributed by atoms with Crippen molar-refractivity contribution in [2.24, 2.45) is 0 Å². The van der Waals surface area contributed by atoms with Crippen LogP contribution < -0.4 is 0 Å². The predicted molar refractivity (Wildman–Crippen MR) is 87.3 cm³/mol. The number of ether oxygens (including phenoxy) is 1. The molecule has 0 aliphatic carbocycles. The van der Waals surface area contributed by atoms with Gasteiger partial charge in [-0.05, 0) is 44.7 Å². The van der Waals surface area contributed by atoms with Crippen LogP contribution in [0.5, 0.6) is 0 Å². The second-order valence-corrected chi connectivity index (χ2v) is 5.81. The SMILES string of the molecule is COCC(O)CN(C)Cc1ccc(-n2nc(C)cc2C)cc1. The van der Waals surface area contributed by atoms with Crippen LogP contribution in [0.3, 0.4) is 0 Å². The molecule has 1 unspecified atom stereocenters. The van der Waals surface area contributed by atoms with Gasteiger partial charge in [-0.25, -0.2) is 4.68 Å². The number of aliphatic hydroxyl groups is 1. The Labute approximate surface area is 132 Å². The number of methoxy groups -OCH3 is 1. The van der Waals surface area contributed by atoms with Crippen molar-refractivity contribution in [1.82, 2.24) is 14.7 Å². The number of aryl methyl sites for hydroxylation is 2. The quantitative estimate of drug-likeness (QED) is 0.849. The van der Waals surface area contributed by atoms with E-state index in [1.54, 1.807) is 7.11 Å². The zero-order valence-electron chi connectivity index (χ0n) is 13.8. The number of aromatic nitrogens is 2.